The highest BCUT2D eigenvalue weighted by Gasteiger charge is 2.12. The maximum atomic E-state index is 13.2. The molecule has 1 aromatic carbocycles. The van der Waals surface area contributed by atoms with Crippen molar-refractivity contribution >= 4 is 27.5 Å². The molecule has 0 aromatic heterocycles. The van der Waals surface area contributed by atoms with Gasteiger partial charge in [0, 0.05) is 11.1 Å². The highest BCUT2D eigenvalue weighted by atomic mass is 79.9. The van der Waals surface area contributed by atoms with Gasteiger partial charge in [-0.25, -0.2) is 4.39 Å². The smallest absolute Gasteiger partial charge is 0.137 e. The van der Waals surface area contributed by atoms with E-state index in [-0.39, 0.29) is 11.9 Å². The number of benzene rings is 1. The Labute approximate surface area is 96.6 Å². The molecule has 0 spiro atoms. The van der Waals surface area contributed by atoms with E-state index in [1.54, 1.807) is 6.07 Å². The van der Waals surface area contributed by atoms with Crippen LogP contribution in [0, 0.1) is 5.82 Å². The van der Waals surface area contributed by atoms with E-state index < -0.39 is 0 Å². The van der Waals surface area contributed by atoms with Gasteiger partial charge in [-0.3, -0.25) is 0 Å². The molecule has 0 saturated heterocycles. The number of halogens is 3. The second-order valence-corrected chi connectivity index (χ2v) is 4.44. The predicted molar refractivity (Wildman–Crippen MR) is 60.9 cm³/mol. The van der Waals surface area contributed by atoms with Gasteiger partial charge in [0.2, 0.25) is 0 Å². The van der Waals surface area contributed by atoms with E-state index in [9.17, 15) is 4.39 Å². The highest BCUT2D eigenvalue weighted by Crippen LogP contribution is 2.29. The first-order chi connectivity index (χ1) is 6.56. The van der Waals surface area contributed by atoms with E-state index >= 15 is 0 Å². The third-order valence-corrected chi connectivity index (χ3v) is 2.97. The number of nitrogens with two attached hydrogens (primary N) is 1. The summed E-state index contributed by atoms with van der Waals surface area (Å²) in [6.07, 6.45) is 1.76. The molecule has 4 heteroatoms. The second-order valence-electron chi connectivity index (χ2n) is 3.18. The lowest BCUT2D eigenvalue weighted by molar-refractivity contribution is 0.601. The Bertz CT molecular complexity index is 330. The first kappa shape index (κ1) is 12.0. The molecule has 14 heavy (non-hydrogen) atoms. The predicted octanol–water partition coefficient (Wildman–Crippen LogP) is 4.04. The zero-order chi connectivity index (χ0) is 10.7. The average Bonchev–Trinajstić information content (AvgIpc) is 2.11. The van der Waals surface area contributed by atoms with Crippen molar-refractivity contribution in [3.8, 4) is 0 Å². The molecule has 1 unspecified atom stereocenters. The third-order valence-electron chi connectivity index (χ3n) is 2.04. The average molecular weight is 281 g/mol. The summed E-state index contributed by atoms with van der Waals surface area (Å²) >= 11 is 9.02. The summed E-state index contributed by atoms with van der Waals surface area (Å²) in [6.45, 7) is 2.03. The molecule has 0 aliphatic rings. The summed E-state index contributed by atoms with van der Waals surface area (Å²) in [5.41, 5.74) is 6.53. The van der Waals surface area contributed by atoms with Gasteiger partial charge >= 0.3 is 0 Å². The lowest BCUT2D eigenvalue weighted by atomic mass is 10.0. The largest absolute Gasteiger partial charge is 0.324 e. The maximum Gasteiger partial charge on any atom is 0.137 e. The van der Waals surface area contributed by atoms with Gasteiger partial charge in [0.15, 0.2) is 0 Å². The monoisotopic (exact) mass is 279 g/mol. The van der Waals surface area contributed by atoms with Crippen molar-refractivity contribution in [2.75, 3.05) is 0 Å². The van der Waals surface area contributed by atoms with E-state index in [0.29, 0.717) is 15.1 Å². The van der Waals surface area contributed by atoms with Crippen LogP contribution in [0.2, 0.25) is 5.02 Å². The minimum absolute atomic E-state index is 0.185. The van der Waals surface area contributed by atoms with Crippen LogP contribution in [0.1, 0.15) is 31.4 Å². The van der Waals surface area contributed by atoms with Crippen molar-refractivity contribution in [3.05, 3.63) is 33.0 Å². The molecule has 1 rings (SSSR count). The fourth-order valence-corrected chi connectivity index (χ4v) is 2.07. The molecule has 0 radical (unpaired) electrons. The van der Waals surface area contributed by atoms with Crippen molar-refractivity contribution in [3.63, 3.8) is 0 Å². The Morgan fingerprint density at radius 3 is 2.79 bits per heavy atom. The van der Waals surface area contributed by atoms with Crippen LogP contribution in [0.15, 0.2) is 16.6 Å². The van der Waals surface area contributed by atoms with E-state index in [1.165, 1.54) is 6.07 Å². The number of rotatable bonds is 3. The molecule has 0 amide bonds. The summed E-state index contributed by atoms with van der Waals surface area (Å²) in [7, 11) is 0. The second kappa shape index (κ2) is 5.10. The summed E-state index contributed by atoms with van der Waals surface area (Å²) in [5.74, 6) is -0.323. The van der Waals surface area contributed by atoms with Crippen molar-refractivity contribution in [1.29, 1.82) is 0 Å². The molecule has 78 valence electrons. The minimum atomic E-state index is -0.323. The van der Waals surface area contributed by atoms with Crippen LogP contribution < -0.4 is 5.73 Å². The number of hydrogen-bond acceptors (Lipinski definition) is 1. The molecule has 0 fully saturated rings. The molecular weight excluding hydrogens is 268 g/mol. The van der Waals surface area contributed by atoms with Crippen LogP contribution in [0.4, 0.5) is 4.39 Å². The minimum Gasteiger partial charge on any atom is -0.324 e. The van der Waals surface area contributed by atoms with E-state index in [2.05, 4.69) is 15.9 Å². The molecule has 1 aromatic rings. The first-order valence-electron chi connectivity index (χ1n) is 4.46. The van der Waals surface area contributed by atoms with Gasteiger partial charge < -0.3 is 5.73 Å². The molecule has 0 bridgehead atoms. The van der Waals surface area contributed by atoms with Crippen LogP contribution >= 0.6 is 27.5 Å². The van der Waals surface area contributed by atoms with Crippen LogP contribution in [-0.2, 0) is 0 Å². The Hall–Kier alpha value is -0.120. The van der Waals surface area contributed by atoms with Crippen LogP contribution in [-0.4, -0.2) is 0 Å². The molecule has 1 atom stereocenters. The van der Waals surface area contributed by atoms with E-state index in [0.717, 1.165) is 12.8 Å². The van der Waals surface area contributed by atoms with Gasteiger partial charge in [0.05, 0.1) is 4.47 Å². The Morgan fingerprint density at radius 1 is 1.57 bits per heavy atom. The van der Waals surface area contributed by atoms with Crippen molar-refractivity contribution in [2.24, 2.45) is 5.73 Å². The Balaban J connectivity index is 3.02. The van der Waals surface area contributed by atoms with Crippen molar-refractivity contribution in [1.82, 2.24) is 0 Å². The zero-order valence-electron chi connectivity index (χ0n) is 7.86. The topological polar surface area (TPSA) is 26.0 Å². The van der Waals surface area contributed by atoms with Gasteiger partial charge in [0.25, 0.3) is 0 Å². The molecular formula is C10H12BrClFN. The van der Waals surface area contributed by atoms with Crippen molar-refractivity contribution in [2.45, 2.75) is 25.8 Å². The normalized spacial score (nSPS) is 12.9. The maximum absolute atomic E-state index is 13.2. The van der Waals surface area contributed by atoms with E-state index in [4.69, 9.17) is 17.3 Å². The van der Waals surface area contributed by atoms with Gasteiger partial charge in [-0.1, -0.05) is 24.9 Å². The van der Waals surface area contributed by atoms with Crippen LogP contribution in [0.25, 0.3) is 0 Å². The Morgan fingerprint density at radius 2 is 2.21 bits per heavy atom. The van der Waals surface area contributed by atoms with E-state index in [1.807, 2.05) is 6.92 Å². The van der Waals surface area contributed by atoms with Crippen LogP contribution in [0.5, 0.6) is 0 Å². The van der Waals surface area contributed by atoms with Crippen LogP contribution in [0.3, 0.4) is 0 Å². The molecule has 0 aliphatic carbocycles. The quantitative estimate of drug-likeness (QED) is 0.831. The first-order valence-corrected chi connectivity index (χ1v) is 5.63. The fraction of sp³-hybridized carbons (Fsp3) is 0.400. The highest BCUT2D eigenvalue weighted by molar-refractivity contribution is 9.10. The fourth-order valence-electron chi connectivity index (χ4n) is 1.29. The lowest BCUT2D eigenvalue weighted by Gasteiger charge is -2.13. The zero-order valence-corrected chi connectivity index (χ0v) is 10.2. The molecule has 0 aliphatic heterocycles. The van der Waals surface area contributed by atoms with Gasteiger partial charge in [-0.15, -0.1) is 0 Å². The summed E-state index contributed by atoms with van der Waals surface area (Å²) < 4.78 is 13.6. The summed E-state index contributed by atoms with van der Waals surface area (Å²) in [4.78, 5) is 0. The Kier molecular flexibility index (Phi) is 4.35. The third kappa shape index (κ3) is 2.69. The molecule has 1 nitrogen and oxygen atoms in total. The molecule has 2 N–H and O–H groups in total. The van der Waals surface area contributed by atoms with Gasteiger partial charge in [-0.2, -0.15) is 0 Å². The standard InChI is InChI=1S/C10H12BrClFN/c1-2-3-10(14)6-4-9(13)7(11)5-8(6)12/h4-5,10H,2-3,14H2,1H3. The SMILES string of the molecule is CCCC(N)c1cc(F)c(Br)cc1Cl. The van der Waals surface area contributed by atoms with Crippen molar-refractivity contribution < 1.29 is 4.39 Å². The molecule has 0 saturated carbocycles. The number of hydrogen-bond donors (Lipinski definition) is 1. The summed E-state index contributed by atoms with van der Waals surface area (Å²) in [6, 6.07) is 2.75. The van der Waals surface area contributed by atoms with Gasteiger partial charge in [-0.05, 0) is 40.0 Å². The summed E-state index contributed by atoms with van der Waals surface area (Å²) in [5, 5.41) is 0.513. The lowest BCUT2D eigenvalue weighted by Crippen LogP contribution is -2.10. The molecule has 0 heterocycles. The van der Waals surface area contributed by atoms with Gasteiger partial charge in [0.1, 0.15) is 5.82 Å².